The zero-order chi connectivity index (χ0) is 23.8. The number of nitrogens with one attached hydrogen (secondary N) is 1. The van der Waals surface area contributed by atoms with Crippen molar-refractivity contribution in [3.05, 3.63) is 64.8 Å². The van der Waals surface area contributed by atoms with Crippen molar-refractivity contribution in [2.24, 2.45) is 0 Å². The number of halogens is 1. The summed E-state index contributed by atoms with van der Waals surface area (Å²) in [6, 6.07) is 16.8. The third kappa shape index (κ3) is 7.21. The Morgan fingerprint density at radius 1 is 1.00 bits per heavy atom. The van der Waals surface area contributed by atoms with Crippen LogP contribution in [0.5, 0.6) is 0 Å². The van der Waals surface area contributed by atoms with Gasteiger partial charge in [0, 0.05) is 41.9 Å². The van der Waals surface area contributed by atoms with Crippen molar-refractivity contribution in [1.82, 2.24) is 9.88 Å². The molecule has 4 nitrogen and oxygen atoms in total. The molecule has 3 aromatic rings. The Bertz CT molecular complexity index is 1060. The number of anilines is 2. The van der Waals surface area contributed by atoms with Gasteiger partial charge in [0.15, 0.2) is 0 Å². The molecule has 0 radical (unpaired) electrons. The molecule has 0 aliphatic rings. The first-order chi connectivity index (χ1) is 15.9. The van der Waals surface area contributed by atoms with Gasteiger partial charge in [-0.1, -0.05) is 43.7 Å². The Hall–Kier alpha value is -2.56. The van der Waals surface area contributed by atoms with Crippen LogP contribution in [0.15, 0.2) is 48.5 Å². The lowest BCUT2D eigenvalue weighted by atomic mass is 10.1. The Labute approximate surface area is 204 Å². The van der Waals surface area contributed by atoms with E-state index in [2.05, 4.69) is 86.4 Å². The highest BCUT2D eigenvalue weighted by molar-refractivity contribution is 6.30. The van der Waals surface area contributed by atoms with E-state index < -0.39 is 0 Å². The average molecular weight is 465 g/mol. The van der Waals surface area contributed by atoms with Crippen LogP contribution in [-0.4, -0.2) is 49.7 Å². The first-order valence-corrected chi connectivity index (χ1v) is 12.3. The van der Waals surface area contributed by atoms with Crippen LogP contribution in [0.25, 0.3) is 23.1 Å². The molecule has 33 heavy (non-hydrogen) atoms. The second kappa shape index (κ2) is 12.1. The third-order valence-electron chi connectivity index (χ3n) is 6.05. The van der Waals surface area contributed by atoms with Crippen molar-refractivity contribution < 1.29 is 0 Å². The fraction of sp³-hybridized carbons (Fsp3) is 0.393. The number of hydrogen-bond acceptors (Lipinski definition) is 4. The summed E-state index contributed by atoms with van der Waals surface area (Å²) in [6.45, 7) is 10.1. The van der Waals surface area contributed by atoms with Gasteiger partial charge in [-0.15, -0.1) is 0 Å². The number of rotatable bonds is 11. The van der Waals surface area contributed by atoms with E-state index in [-0.39, 0.29) is 0 Å². The van der Waals surface area contributed by atoms with Crippen LogP contribution in [0.1, 0.15) is 44.9 Å². The molecule has 0 fully saturated rings. The minimum Gasteiger partial charge on any atom is -0.382 e. The summed E-state index contributed by atoms with van der Waals surface area (Å²) in [4.78, 5) is 9.52. The summed E-state index contributed by atoms with van der Waals surface area (Å²) in [5.74, 6) is 0. The molecule has 0 amide bonds. The molecule has 0 saturated carbocycles. The van der Waals surface area contributed by atoms with E-state index in [1.807, 2.05) is 24.3 Å². The quantitative estimate of drug-likeness (QED) is 0.329. The molecule has 0 aliphatic heterocycles. The normalized spacial score (nSPS) is 12.6. The van der Waals surface area contributed by atoms with E-state index in [0.29, 0.717) is 6.04 Å². The minimum absolute atomic E-state index is 0.377. The van der Waals surface area contributed by atoms with Gasteiger partial charge in [0.25, 0.3) is 0 Å². The van der Waals surface area contributed by atoms with E-state index >= 15 is 0 Å². The van der Waals surface area contributed by atoms with Crippen molar-refractivity contribution in [3.63, 3.8) is 0 Å². The minimum atomic E-state index is 0.377. The standard InChI is InChI=1S/C28H37ClN4/c1-6-33(7-2)18-8-9-21(3)30-28-19-24(15-12-22-10-13-23(29)14-11-22)31-27-17-16-25(32(4)5)20-26(27)28/h10-17,19-21H,6-9,18H2,1-5H3,(H,30,31). The molecule has 0 bridgehead atoms. The van der Waals surface area contributed by atoms with E-state index in [0.717, 1.165) is 58.9 Å². The Morgan fingerprint density at radius 3 is 2.39 bits per heavy atom. The van der Waals surface area contributed by atoms with Crippen LogP contribution in [-0.2, 0) is 0 Å². The second-order valence-electron chi connectivity index (χ2n) is 8.79. The zero-order valence-electron chi connectivity index (χ0n) is 20.6. The molecule has 1 heterocycles. The summed E-state index contributed by atoms with van der Waals surface area (Å²) in [5.41, 5.74) is 5.34. The Kier molecular flexibility index (Phi) is 9.16. The number of fused-ring (bicyclic) bond motifs is 1. The van der Waals surface area contributed by atoms with Gasteiger partial charge < -0.3 is 15.1 Å². The van der Waals surface area contributed by atoms with Crippen molar-refractivity contribution in [3.8, 4) is 0 Å². The SMILES string of the molecule is CCN(CC)CCCC(C)Nc1cc(C=Cc2ccc(Cl)cc2)nc2ccc(N(C)C)cc12. The van der Waals surface area contributed by atoms with Gasteiger partial charge in [0.1, 0.15) is 0 Å². The first-order valence-electron chi connectivity index (χ1n) is 11.9. The molecule has 3 rings (SSSR count). The van der Waals surface area contributed by atoms with E-state index in [4.69, 9.17) is 16.6 Å². The summed E-state index contributed by atoms with van der Waals surface area (Å²) < 4.78 is 0. The van der Waals surface area contributed by atoms with Crippen LogP contribution in [0.3, 0.4) is 0 Å². The highest BCUT2D eigenvalue weighted by atomic mass is 35.5. The molecular weight excluding hydrogens is 428 g/mol. The molecule has 1 atom stereocenters. The maximum absolute atomic E-state index is 6.02. The molecule has 0 aliphatic carbocycles. The molecule has 1 N–H and O–H groups in total. The predicted molar refractivity (Wildman–Crippen MR) is 147 cm³/mol. The van der Waals surface area contributed by atoms with Gasteiger partial charge in [-0.2, -0.15) is 0 Å². The Balaban J connectivity index is 1.85. The van der Waals surface area contributed by atoms with Crippen LogP contribution in [0, 0.1) is 0 Å². The fourth-order valence-electron chi connectivity index (χ4n) is 3.97. The van der Waals surface area contributed by atoms with Crippen LogP contribution >= 0.6 is 11.6 Å². The average Bonchev–Trinajstić information content (AvgIpc) is 2.81. The van der Waals surface area contributed by atoms with E-state index in [9.17, 15) is 0 Å². The summed E-state index contributed by atoms with van der Waals surface area (Å²) in [7, 11) is 4.14. The van der Waals surface area contributed by atoms with Gasteiger partial charge in [-0.3, -0.25) is 0 Å². The molecule has 0 spiro atoms. The molecule has 1 aromatic heterocycles. The van der Waals surface area contributed by atoms with Crippen LogP contribution in [0.4, 0.5) is 11.4 Å². The third-order valence-corrected chi connectivity index (χ3v) is 6.30. The smallest absolute Gasteiger partial charge is 0.0731 e. The van der Waals surface area contributed by atoms with Crippen LogP contribution < -0.4 is 10.2 Å². The molecule has 1 unspecified atom stereocenters. The number of benzene rings is 2. The van der Waals surface area contributed by atoms with Gasteiger partial charge in [-0.25, -0.2) is 4.98 Å². The monoisotopic (exact) mass is 464 g/mol. The molecule has 5 heteroatoms. The molecule has 0 saturated heterocycles. The van der Waals surface area contributed by atoms with Crippen molar-refractivity contribution in [2.75, 3.05) is 43.9 Å². The summed E-state index contributed by atoms with van der Waals surface area (Å²) >= 11 is 6.02. The highest BCUT2D eigenvalue weighted by Crippen LogP contribution is 2.29. The van der Waals surface area contributed by atoms with Crippen molar-refractivity contribution >= 4 is 46.0 Å². The fourth-order valence-corrected chi connectivity index (χ4v) is 4.10. The highest BCUT2D eigenvalue weighted by Gasteiger charge is 2.10. The molecular formula is C28H37ClN4. The number of aromatic nitrogens is 1. The lowest BCUT2D eigenvalue weighted by molar-refractivity contribution is 0.295. The molecule has 176 valence electrons. The van der Waals surface area contributed by atoms with Gasteiger partial charge in [0.05, 0.1) is 11.2 Å². The number of hydrogen-bond donors (Lipinski definition) is 1. The number of nitrogens with zero attached hydrogens (tertiary/aromatic N) is 3. The summed E-state index contributed by atoms with van der Waals surface area (Å²) in [5, 5.41) is 5.68. The Morgan fingerprint density at radius 2 is 1.73 bits per heavy atom. The lowest BCUT2D eigenvalue weighted by Gasteiger charge is -2.21. The predicted octanol–water partition coefficient (Wildman–Crippen LogP) is 7.05. The van der Waals surface area contributed by atoms with Crippen molar-refractivity contribution in [1.29, 1.82) is 0 Å². The summed E-state index contributed by atoms with van der Waals surface area (Å²) in [6.07, 6.45) is 6.46. The second-order valence-corrected chi connectivity index (χ2v) is 9.23. The number of pyridine rings is 1. The van der Waals surface area contributed by atoms with Gasteiger partial charge >= 0.3 is 0 Å². The van der Waals surface area contributed by atoms with E-state index in [1.165, 1.54) is 12.1 Å². The zero-order valence-corrected chi connectivity index (χ0v) is 21.4. The van der Waals surface area contributed by atoms with Gasteiger partial charge in [-0.05, 0) is 87.4 Å². The van der Waals surface area contributed by atoms with Gasteiger partial charge in [0.2, 0.25) is 0 Å². The van der Waals surface area contributed by atoms with E-state index in [1.54, 1.807) is 0 Å². The largest absolute Gasteiger partial charge is 0.382 e. The first kappa shape index (κ1) is 25.1. The topological polar surface area (TPSA) is 31.4 Å². The lowest BCUT2D eigenvalue weighted by Crippen LogP contribution is -2.25. The van der Waals surface area contributed by atoms with Crippen molar-refractivity contribution in [2.45, 2.75) is 39.7 Å². The van der Waals surface area contributed by atoms with Crippen LogP contribution in [0.2, 0.25) is 5.02 Å². The maximum atomic E-state index is 6.02. The maximum Gasteiger partial charge on any atom is 0.0731 e. The molecule has 2 aromatic carbocycles.